The van der Waals surface area contributed by atoms with Gasteiger partial charge in [-0.2, -0.15) is 0 Å². The van der Waals surface area contributed by atoms with Crippen molar-refractivity contribution in [3.05, 3.63) is 34.3 Å². The highest BCUT2D eigenvalue weighted by Gasteiger charge is 2.47. The minimum atomic E-state index is 0.0747. The molecule has 1 spiro atoms. The molecular weight excluding hydrogens is 392 g/mol. The van der Waals surface area contributed by atoms with E-state index in [1.54, 1.807) is 0 Å². The fourth-order valence-corrected chi connectivity index (χ4v) is 5.44. The summed E-state index contributed by atoms with van der Waals surface area (Å²) < 4.78 is 7.23. The van der Waals surface area contributed by atoms with Crippen molar-refractivity contribution < 1.29 is 9.53 Å². The summed E-state index contributed by atoms with van der Waals surface area (Å²) in [4.78, 5) is 17.7. The predicted molar refractivity (Wildman–Crippen MR) is 106 cm³/mol. The second kappa shape index (κ2) is 7.61. The van der Waals surface area contributed by atoms with Crippen LogP contribution in [0.4, 0.5) is 0 Å². The van der Waals surface area contributed by atoms with Crippen LogP contribution in [0.25, 0.3) is 0 Å². The quantitative estimate of drug-likeness (QED) is 0.737. The van der Waals surface area contributed by atoms with E-state index in [4.69, 9.17) is 4.74 Å². The molecule has 1 aliphatic carbocycles. The summed E-state index contributed by atoms with van der Waals surface area (Å²) in [6.45, 7) is 3.24. The van der Waals surface area contributed by atoms with E-state index in [1.165, 1.54) is 25.7 Å². The predicted octanol–water partition coefficient (Wildman–Crippen LogP) is 4.09. The van der Waals surface area contributed by atoms with Crippen molar-refractivity contribution in [2.45, 2.75) is 62.6 Å². The number of hydrogen-bond acceptors (Lipinski definition) is 3. The van der Waals surface area contributed by atoms with E-state index in [0.29, 0.717) is 6.04 Å². The number of carbonyl (C=O) groups is 1. The van der Waals surface area contributed by atoms with E-state index in [9.17, 15) is 4.79 Å². The average Bonchev–Trinajstić information content (AvgIpc) is 3.34. The highest BCUT2D eigenvalue weighted by molar-refractivity contribution is 9.10. The van der Waals surface area contributed by atoms with Crippen LogP contribution in [0, 0.1) is 0 Å². The highest BCUT2D eigenvalue weighted by Crippen LogP contribution is 2.43. The summed E-state index contributed by atoms with van der Waals surface area (Å²) in [6.07, 6.45) is 8.14. The van der Waals surface area contributed by atoms with Crippen LogP contribution in [0.5, 0.6) is 0 Å². The second-order valence-electron chi connectivity index (χ2n) is 8.18. The summed E-state index contributed by atoms with van der Waals surface area (Å²) in [6, 6.07) is 8.42. The molecule has 4 nitrogen and oxygen atoms in total. The lowest BCUT2D eigenvalue weighted by atomic mass is 9.76. The number of carbonyl (C=O) groups excluding carboxylic acids is 1. The van der Waals surface area contributed by atoms with Crippen molar-refractivity contribution in [1.82, 2.24) is 9.80 Å². The first-order valence-corrected chi connectivity index (χ1v) is 10.8. The zero-order valence-corrected chi connectivity index (χ0v) is 17.2. The van der Waals surface area contributed by atoms with Gasteiger partial charge < -0.3 is 9.64 Å². The molecule has 3 aliphatic rings. The lowest BCUT2D eigenvalue weighted by Crippen LogP contribution is -2.58. The summed E-state index contributed by atoms with van der Waals surface area (Å²) >= 11 is 3.45. The Labute approximate surface area is 165 Å². The zero-order chi connectivity index (χ0) is 18.1. The smallest absolute Gasteiger partial charge is 0.253 e. The van der Waals surface area contributed by atoms with Gasteiger partial charge in [0.25, 0.3) is 5.91 Å². The molecule has 3 atom stereocenters. The molecule has 26 heavy (non-hydrogen) atoms. The lowest BCUT2D eigenvalue weighted by Gasteiger charge is -2.48. The largest absolute Gasteiger partial charge is 0.375 e. The van der Waals surface area contributed by atoms with Crippen LogP contribution < -0.4 is 0 Å². The molecule has 2 saturated heterocycles. The number of benzene rings is 1. The maximum atomic E-state index is 13.1. The average molecular weight is 421 g/mol. The number of hydrogen-bond donors (Lipinski definition) is 0. The van der Waals surface area contributed by atoms with Crippen LogP contribution in [-0.4, -0.2) is 60.1 Å². The van der Waals surface area contributed by atoms with Gasteiger partial charge in [0.1, 0.15) is 0 Å². The molecule has 0 aromatic heterocycles. The van der Waals surface area contributed by atoms with Crippen LogP contribution >= 0.6 is 15.9 Å². The first-order valence-electron chi connectivity index (χ1n) is 9.99. The molecular formula is C21H29BrN2O2. The Morgan fingerprint density at radius 2 is 1.92 bits per heavy atom. The molecule has 1 saturated carbocycles. The maximum Gasteiger partial charge on any atom is 0.253 e. The Morgan fingerprint density at radius 3 is 2.58 bits per heavy atom. The minimum Gasteiger partial charge on any atom is -0.375 e. The van der Waals surface area contributed by atoms with E-state index in [0.717, 1.165) is 49.0 Å². The first-order chi connectivity index (χ1) is 12.6. The number of likely N-dealkylation sites (tertiary alicyclic amines) is 1. The molecule has 0 bridgehead atoms. The zero-order valence-electron chi connectivity index (χ0n) is 15.6. The van der Waals surface area contributed by atoms with Gasteiger partial charge in [0, 0.05) is 35.8 Å². The van der Waals surface area contributed by atoms with Crippen molar-refractivity contribution in [2.24, 2.45) is 0 Å². The van der Waals surface area contributed by atoms with Crippen molar-refractivity contribution in [1.29, 1.82) is 0 Å². The summed E-state index contributed by atoms with van der Waals surface area (Å²) in [5.41, 5.74) is 0.846. The Balaban J connectivity index is 1.54. The van der Waals surface area contributed by atoms with Gasteiger partial charge in [0.05, 0.1) is 5.60 Å². The minimum absolute atomic E-state index is 0.0747. The van der Waals surface area contributed by atoms with Gasteiger partial charge in [-0.15, -0.1) is 0 Å². The van der Waals surface area contributed by atoms with E-state index in [-0.39, 0.29) is 17.6 Å². The van der Waals surface area contributed by atoms with Gasteiger partial charge >= 0.3 is 0 Å². The standard InChI is InChI=1S/C21H29BrN2O2/c1-23(20(25)16-5-7-17(22)8-6-16)18-9-11-21(10-4-14-26-21)15-19(18)24-12-2-3-13-24/h5-8,18-19H,2-4,9-15H2,1H3/t18-,19-,21+/m0/s1. The van der Waals surface area contributed by atoms with Crippen molar-refractivity contribution in [2.75, 3.05) is 26.7 Å². The number of likely N-dealkylation sites (N-methyl/N-ethyl adjacent to an activating group) is 1. The Hall–Kier alpha value is -0.910. The van der Waals surface area contributed by atoms with Crippen molar-refractivity contribution >= 4 is 21.8 Å². The van der Waals surface area contributed by atoms with E-state index < -0.39 is 0 Å². The third kappa shape index (κ3) is 3.58. The normalized spacial score (nSPS) is 32.2. The summed E-state index contributed by atoms with van der Waals surface area (Å²) in [7, 11) is 1.99. The van der Waals surface area contributed by atoms with E-state index >= 15 is 0 Å². The van der Waals surface area contributed by atoms with Crippen molar-refractivity contribution in [3.63, 3.8) is 0 Å². The van der Waals surface area contributed by atoms with E-state index in [1.807, 2.05) is 36.2 Å². The molecule has 1 amide bonds. The van der Waals surface area contributed by atoms with Crippen LogP contribution in [0.15, 0.2) is 28.7 Å². The number of halogens is 1. The Bertz CT molecular complexity index is 636. The molecule has 2 aliphatic heterocycles. The van der Waals surface area contributed by atoms with Gasteiger partial charge in [-0.25, -0.2) is 0 Å². The molecule has 1 aromatic rings. The SMILES string of the molecule is CN(C(=O)c1ccc(Br)cc1)[C@H]1CC[C@]2(CCCO2)C[C@@H]1N1CCCC1. The van der Waals surface area contributed by atoms with E-state index in [2.05, 4.69) is 20.8 Å². The molecule has 5 heteroatoms. The van der Waals surface area contributed by atoms with Gasteiger partial charge in [-0.05, 0) is 82.3 Å². The third-order valence-corrected chi connectivity index (χ3v) is 7.15. The van der Waals surface area contributed by atoms with Gasteiger partial charge in [0.15, 0.2) is 0 Å². The molecule has 4 rings (SSSR count). The van der Waals surface area contributed by atoms with Crippen LogP contribution in [0.2, 0.25) is 0 Å². The van der Waals surface area contributed by atoms with Crippen LogP contribution in [0.3, 0.4) is 0 Å². The molecule has 0 unspecified atom stereocenters. The topological polar surface area (TPSA) is 32.8 Å². The number of nitrogens with zero attached hydrogens (tertiary/aromatic N) is 2. The summed E-state index contributed by atoms with van der Waals surface area (Å²) in [5, 5.41) is 0. The Morgan fingerprint density at radius 1 is 1.19 bits per heavy atom. The molecule has 142 valence electrons. The third-order valence-electron chi connectivity index (χ3n) is 6.62. The van der Waals surface area contributed by atoms with Crippen molar-refractivity contribution in [3.8, 4) is 0 Å². The molecule has 3 fully saturated rings. The summed E-state index contributed by atoms with van der Waals surface area (Å²) in [5.74, 6) is 0.134. The number of rotatable bonds is 3. The van der Waals surface area contributed by atoms with Gasteiger partial charge in [0.2, 0.25) is 0 Å². The molecule has 1 aromatic carbocycles. The van der Waals surface area contributed by atoms with Gasteiger partial charge in [-0.1, -0.05) is 15.9 Å². The molecule has 0 N–H and O–H groups in total. The number of ether oxygens (including phenoxy) is 1. The molecule has 2 heterocycles. The first kappa shape index (κ1) is 18.5. The lowest BCUT2D eigenvalue weighted by molar-refractivity contribution is -0.0687. The maximum absolute atomic E-state index is 13.1. The van der Waals surface area contributed by atoms with Crippen LogP contribution in [0.1, 0.15) is 55.3 Å². The van der Waals surface area contributed by atoms with Crippen LogP contribution in [-0.2, 0) is 4.74 Å². The molecule has 0 radical (unpaired) electrons. The van der Waals surface area contributed by atoms with Gasteiger partial charge in [-0.3, -0.25) is 9.69 Å². The number of amides is 1. The fraction of sp³-hybridized carbons (Fsp3) is 0.667. The fourth-order valence-electron chi connectivity index (χ4n) is 5.18. The Kier molecular flexibility index (Phi) is 5.40. The monoisotopic (exact) mass is 420 g/mol. The highest BCUT2D eigenvalue weighted by atomic mass is 79.9. The second-order valence-corrected chi connectivity index (χ2v) is 9.09.